The first-order chi connectivity index (χ1) is 10.2. The topological polar surface area (TPSA) is 50.4 Å². The molecule has 0 bridgehead atoms. The Labute approximate surface area is 127 Å². The molecular formula is C16H16N2O2S. The van der Waals surface area contributed by atoms with Gasteiger partial charge >= 0.3 is 0 Å². The van der Waals surface area contributed by atoms with Gasteiger partial charge in [0, 0.05) is 10.6 Å². The molecule has 0 aliphatic carbocycles. The van der Waals surface area contributed by atoms with Crippen LogP contribution in [0.15, 0.2) is 41.3 Å². The smallest absolute Gasteiger partial charge is 0.259 e. The largest absolute Gasteiger partial charge is 0.472 e. The summed E-state index contributed by atoms with van der Waals surface area (Å²) in [6.45, 7) is 2.25. The van der Waals surface area contributed by atoms with E-state index in [-0.39, 0.29) is 12.6 Å². The lowest BCUT2D eigenvalue weighted by molar-refractivity contribution is 0.0884. The molecule has 0 saturated heterocycles. The monoisotopic (exact) mass is 300 g/mol. The third-order valence-corrected chi connectivity index (χ3v) is 4.00. The number of hydrogen-bond donors (Lipinski definition) is 2. The number of hydrogen-bond acceptors (Lipinski definition) is 4. The van der Waals surface area contributed by atoms with E-state index in [0.29, 0.717) is 11.3 Å². The zero-order chi connectivity index (χ0) is 14.8. The molecule has 0 fully saturated rings. The van der Waals surface area contributed by atoms with Crippen molar-refractivity contribution in [3.63, 3.8) is 0 Å². The molecule has 0 radical (unpaired) electrons. The highest BCUT2D eigenvalue weighted by Gasteiger charge is 2.23. The van der Waals surface area contributed by atoms with E-state index in [1.54, 1.807) is 11.8 Å². The Kier molecular flexibility index (Phi) is 3.75. The van der Waals surface area contributed by atoms with Gasteiger partial charge in [-0.2, -0.15) is 0 Å². The SMILES string of the molecule is CSc1cc(Nc2cccc(C)c2)c2c(c1)OCNC2=O. The molecule has 0 unspecified atom stereocenters. The number of thioether (sulfide) groups is 1. The molecular weight excluding hydrogens is 284 g/mol. The molecule has 0 atom stereocenters. The predicted molar refractivity (Wildman–Crippen MR) is 85.6 cm³/mol. The summed E-state index contributed by atoms with van der Waals surface area (Å²) in [5.74, 6) is 0.514. The molecule has 5 heteroatoms. The van der Waals surface area contributed by atoms with Crippen LogP contribution in [0.4, 0.5) is 11.4 Å². The van der Waals surface area contributed by atoms with E-state index >= 15 is 0 Å². The van der Waals surface area contributed by atoms with Gasteiger partial charge in [0.25, 0.3) is 5.91 Å². The number of nitrogens with one attached hydrogen (secondary N) is 2. The average molecular weight is 300 g/mol. The average Bonchev–Trinajstić information content (AvgIpc) is 2.47. The summed E-state index contributed by atoms with van der Waals surface area (Å²) >= 11 is 1.62. The van der Waals surface area contributed by atoms with Crippen LogP contribution in [-0.2, 0) is 0 Å². The fourth-order valence-corrected chi connectivity index (χ4v) is 2.76. The van der Waals surface area contributed by atoms with Gasteiger partial charge in [-0.25, -0.2) is 0 Å². The van der Waals surface area contributed by atoms with Gasteiger partial charge in [-0.05, 0) is 43.0 Å². The minimum atomic E-state index is -0.112. The maximum absolute atomic E-state index is 12.1. The molecule has 1 heterocycles. The van der Waals surface area contributed by atoms with Gasteiger partial charge < -0.3 is 15.4 Å². The van der Waals surface area contributed by atoms with Crippen LogP contribution in [0.25, 0.3) is 0 Å². The quantitative estimate of drug-likeness (QED) is 0.851. The third kappa shape index (κ3) is 2.83. The van der Waals surface area contributed by atoms with Gasteiger partial charge in [0.15, 0.2) is 6.73 Å². The van der Waals surface area contributed by atoms with E-state index in [4.69, 9.17) is 4.74 Å². The molecule has 0 aromatic heterocycles. The highest BCUT2D eigenvalue weighted by Crippen LogP contribution is 2.35. The Hall–Kier alpha value is -2.14. The van der Waals surface area contributed by atoms with Crippen molar-refractivity contribution < 1.29 is 9.53 Å². The van der Waals surface area contributed by atoms with Gasteiger partial charge in [-0.3, -0.25) is 4.79 Å². The lowest BCUT2D eigenvalue weighted by atomic mass is 10.1. The molecule has 2 aromatic rings. The van der Waals surface area contributed by atoms with Crippen LogP contribution in [0, 0.1) is 6.92 Å². The van der Waals surface area contributed by atoms with Crippen LogP contribution in [0.2, 0.25) is 0 Å². The summed E-state index contributed by atoms with van der Waals surface area (Å²) in [6.07, 6.45) is 2.00. The molecule has 0 spiro atoms. The second-order valence-electron chi connectivity index (χ2n) is 4.84. The summed E-state index contributed by atoms with van der Waals surface area (Å²) in [6, 6.07) is 11.9. The number of carbonyl (C=O) groups excluding carboxylic acids is 1. The number of anilines is 2. The number of amides is 1. The van der Waals surface area contributed by atoms with Crippen LogP contribution in [0.5, 0.6) is 5.75 Å². The highest BCUT2D eigenvalue weighted by atomic mass is 32.2. The number of ether oxygens (including phenoxy) is 1. The molecule has 4 nitrogen and oxygen atoms in total. The zero-order valence-electron chi connectivity index (χ0n) is 11.9. The molecule has 2 N–H and O–H groups in total. The lowest BCUT2D eigenvalue weighted by Gasteiger charge is -2.22. The lowest BCUT2D eigenvalue weighted by Crippen LogP contribution is -2.33. The molecule has 3 rings (SSSR count). The highest BCUT2D eigenvalue weighted by molar-refractivity contribution is 7.98. The summed E-state index contributed by atoms with van der Waals surface area (Å²) in [4.78, 5) is 13.2. The summed E-state index contributed by atoms with van der Waals surface area (Å²) < 4.78 is 5.55. The maximum Gasteiger partial charge on any atom is 0.259 e. The molecule has 1 aliphatic heterocycles. The second-order valence-corrected chi connectivity index (χ2v) is 5.72. The maximum atomic E-state index is 12.1. The molecule has 2 aromatic carbocycles. The standard InChI is InChI=1S/C16H16N2O2S/c1-10-4-3-5-11(6-10)18-13-7-12(21-2)8-14-15(13)16(19)17-9-20-14/h3-8,18H,9H2,1-2H3,(H,17,19). The van der Waals surface area contributed by atoms with E-state index in [2.05, 4.69) is 10.6 Å². The molecule has 108 valence electrons. The van der Waals surface area contributed by atoms with Crippen molar-refractivity contribution >= 4 is 29.0 Å². The minimum Gasteiger partial charge on any atom is -0.472 e. The van der Waals surface area contributed by atoms with Gasteiger partial charge in [-0.15, -0.1) is 11.8 Å². The van der Waals surface area contributed by atoms with Crippen LogP contribution in [0.1, 0.15) is 15.9 Å². The van der Waals surface area contributed by atoms with Crippen molar-refractivity contribution in [3.05, 3.63) is 47.5 Å². The van der Waals surface area contributed by atoms with Crippen LogP contribution < -0.4 is 15.4 Å². The van der Waals surface area contributed by atoms with E-state index < -0.39 is 0 Å². The van der Waals surface area contributed by atoms with E-state index in [9.17, 15) is 4.79 Å². The van der Waals surface area contributed by atoms with Gasteiger partial charge in [0.2, 0.25) is 0 Å². The Morgan fingerprint density at radius 1 is 1.29 bits per heavy atom. The molecule has 1 aliphatic rings. The van der Waals surface area contributed by atoms with Gasteiger partial charge in [0.05, 0.1) is 5.69 Å². The van der Waals surface area contributed by atoms with Gasteiger partial charge in [0.1, 0.15) is 11.3 Å². The first-order valence-electron chi connectivity index (χ1n) is 6.64. The fourth-order valence-electron chi connectivity index (χ4n) is 2.30. The van der Waals surface area contributed by atoms with Crippen molar-refractivity contribution in [2.45, 2.75) is 11.8 Å². The van der Waals surface area contributed by atoms with Crippen molar-refractivity contribution in [1.82, 2.24) is 5.32 Å². The Morgan fingerprint density at radius 2 is 2.14 bits per heavy atom. The predicted octanol–water partition coefficient (Wildman–Crippen LogP) is 3.54. The first-order valence-corrected chi connectivity index (χ1v) is 7.86. The summed E-state index contributed by atoms with van der Waals surface area (Å²) in [5.41, 5.74) is 3.43. The minimum absolute atomic E-state index is 0.112. The van der Waals surface area contributed by atoms with Crippen LogP contribution in [-0.4, -0.2) is 18.9 Å². The van der Waals surface area contributed by atoms with Gasteiger partial charge in [-0.1, -0.05) is 12.1 Å². The number of benzene rings is 2. The summed E-state index contributed by atoms with van der Waals surface area (Å²) in [5, 5.41) is 6.03. The summed E-state index contributed by atoms with van der Waals surface area (Å²) in [7, 11) is 0. The fraction of sp³-hybridized carbons (Fsp3) is 0.188. The van der Waals surface area contributed by atoms with Crippen LogP contribution >= 0.6 is 11.8 Å². The Morgan fingerprint density at radius 3 is 2.90 bits per heavy atom. The number of aryl methyl sites for hydroxylation is 1. The Balaban J connectivity index is 2.06. The van der Waals surface area contributed by atoms with E-state index in [1.165, 1.54) is 0 Å². The third-order valence-electron chi connectivity index (χ3n) is 3.30. The number of rotatable bonds is 3. The van der Waals surface area contributed by atoms with Crippen molar-refractivity contribution in [2.75, 3.05) is 18.3 Å². The van der Waals surface area contributed by atoms with E-state index in [1.807, 2.05) is 49.6 Å². The van der Waals surface area contributed by atoms with Crippen molar-refractivity contribution in [3.8, 4) is 5.75 Å². The number of carbonyl (C=O) groups is 1. The zero-order valence-corrected chi connectivity index (χ0v) is 12.7. The van der Waals surface area contributed by atoms with Crippen molar-refractivity contribution in [1.29, 1.82) is 0 Å². The second kappa shape index (κ2) is 5.69. The van der Waals surface area contributed by atoms with E-state index in [0.717, 1.165) is 21.8 Å². The first kappa shape index (κ1) is 13.8. The van der Waals surface area contributed by atoms with Crippen LogP contribution in [0.3, 0.4) is 0 Å². The molecule has 1 amide bonds. The molecule has 0 saturated carbocycles. The Bertz CT molecular complexity index is 701. The normalized spacial score (nSPS) is 13.1. The number of fused-ring (bicyclic) bond motifs is 1. The van der Waals surface area contributed by atoms with Crippen molar-refractivity contribution in [2.24, 2.45) is 0 Å². The molecule has 21 heavy (non-hydrogen) atoms.